The Kier molecular flexibility index (Phi) is 8.13. The van der Waals surface area contributed by atoms with Crippen LogP contribution in [0.15, 0.2) is 48.5 Å². The van der Waals surface area contributed by atoms with E-state index in [9.17, 15) is 4.79 Å². The quantitative estimate of drug-likeness (QED) is 0.752. The van der Waals surface area contributed by atoms with E-state index in [0.29, 0.717) is 13.0 Å². The number of hydrogen-bond donors (Lipinski definition) is 2. The van der Waals surface area contributed by atoms with Gasteiger partial charge >= 0.3 is 0 Å². The Bertz CT molecular complexity index is 644. The Balaban J connectivity index is 0.00000288. The lowest BCUT2D eigenvalue weighted by Gasteiger charge is -2.15. The second-order valence-electron chi connectivity index (χ2n) is 5.69. The summed E-state index contributed by atoms with van der Waals surface area (Å²) in [6, 6.07) is 15.5. The molecule has 130 valence electrons. The number of nitrogens with two attached hydrogens (primary N) is 1. The molecule has 0 heterocycles. The van der Waals surface area contributed by atoms with Crippen molar-refractivity contribution in [2.45, 2.75) is 25.7 Å². The fourth-order valence-electron chi connectivity index (χ4n) is 2.56. The summed E-state index contributed by atoms with van der Waals surface area (Å²) in [5.41, 5.74) is 8.63. The van der Waals surface area contributed by atoms with Gasteiger partial charge in [-0.2, -0.15) is 0 Å². The van der Waals surface area contributed by atoms with Gasteiger partial charge in [0.25, 0.3) is 0 Å². The Hall–Kier alpha value is -2.20. The largest absolute Gasteiger partial charge is 0.496 e. The first-order valence-corrected chi connectivity index (χ1v) is 7.84. The molecule has 0 fully saturated rings. The molecule has 2 aromatic carbocycles. The van der Waals surface area contributed by atoms with E-state index in [0.717, 1.165) is 29.0 Å². The van der Waals surface area contributed by atoms with Gasteiger partial charge in [-0.3, -0.25) is 4.79 Å². The van der Waals surface area contributed by atoms with E-state index in [2.05, 4.69) is 5.32 Å². The average Bonchev–Trinajstić information content (AvgIpc) is 2.56. The van der Waals surface area contributed by atoms with E-state index in [-0.39, 0.29) is 24.2 Å². The number of nitrogen functional groups attached to an aromatic ring is 1. The van der Waals surface area contributed by atoms with Crippen molar-refractivity contribution in [2.75, 3.05) is 19.4 Å². The van der Waals surface area contributed by atoms with Crippen LogP contribution >= 0.6 is 12.4 Å². The smallest absolute Gasteiger partial charge is 0.220 e. The van der Waals surface area contributed by atoms with Crippen LogP contribution in [0, 0.1) is 0 Å². The van der Waals surface area contributed by atoms with E-state index in [1.165, 1.54) is 0 Å². The number of carbonyl (C=O) groups is 1. The molecule has 0 spiro atoms. The Morgan fingerprint density at radius 2 is 1.83 bits per heavy atom. The predicted octanol–water partition coefficient (Wildman–Crippen LogP) is 3.55. The van der Waals surface area contributed by atoms with Crippen LogP contribution < -0.4 is 15.8 Å². The maximum absolute atomic E-state index is 12.1. The maximum Gasteiger partial charge on any atom is 0.220 e. The number of nitrogens with one attached hydrogen (secondary N) is 1. The van der Waals surface area contributed by atoms with Crippen molar-refractivity contribution < 1.29 is 9.53 Å². The Morgan fingerprint density at radius 1 is 1.17 bits per heavy atom. The number of halogens is 1. The van der Waals surface area contributed by atoms with Gasteiger partial charge in [-0.05, 0) is 41.7 Å². The number of methoxy groups -OCH3 is 1. The highest BCUT2D eigenvalue weighted by Gasteiger charge is 2.14. The summed E-state index contributed by atoms with van der Waals surface area (Å²) in [7, 11) is 1.65. The standard InChI is InChI=1S/C19H24N2O2.ClH/c1-14(17-5-3-4-6-18(17)23-2)13-19(22)21-12-11-15-7-9-16(20)10-8-15;/h3-10,14H,11-13,20H2,1-2H3,(H,21,22);1H. The molecule has 2 aromatic rings. The number of ether oxygens (including phenoxy) is 1. The zero-order valence-corrected chi connectivity index (χ0v) is 14.9. The lowest BCUT2D eigenvalue weighted by atomic mass is 9.96. The van der Waals surface area contributed by atoms with Gasteiger partial charge in [-0.25, -0.2) is 0 Å². The van der Waals surface area contributed by atoms with E-state index in [4.69, 9.17) is 10.5 Å². The van der Waals surface area contributed by atoms with Gasteiger partial charge in [-0.15, -0.1) is 12.4 Å². The Labute approximate surface area is 149 Å². The van der Waals surface area contributed by atoms with Gasteiger partial charge in [0.1, 0.15) is 5.75 Å². The highest BCUT2D eigenvalue weighted by Crippen LogP contribution is 2.28. The lowest BCUT2D eigenvalue weighted by molar-refractivity contribution is -0.121. The summed E-state index contributed by atoms with van der Waals surface area (Å²) in [6.07, 6.45) is 1.25. The van der Waals surface area contributed by atoms with E-state index in [1.54, 1.807) is 7.11 Å². The van der Waals surface area contributed by atoms with Crippen LogP contribution in [0.5, 0.6) is 5.75 Å². The molecule has 0 aliphatic carbocycles. The molecule has 5 heteroatoms. The topological polar surface area (TPSA) is 64.3 Å². The first-order chi connectivity index (χ1) is 11.1. The third-order valence-electron chi connectivity index (χ3n) is 3.88. The molecule has 24 heavy (non-hydrogen) atoms. The molecular weight excluding hydrogens is 324 g/mol. The second-order valence-corrected chi connectivity index (χ2v) is 5.69. The monoisotopic (exact) mass is 348 g/mol. The van der Waals surface area contributed by atoms with Gasteiger partial charge in [0.05, 0.1) is 7.11 Å². The molecule has 0 aliphatic heterocycles. The molecule has 0 aromatic heterocycles. The summed E-state index contributed by atoms with van der Waals surface area (Å²) >= 11 is 0. The molecule has 0 aliphatic rings. The normalized spacial score (nSPS) is 11.2. The number of hydrogen-bond acceptors (Lipinski definition) is 3. The van der Waals surface area contributed by atoms with Crippen molar-refractivity contribution in [1.29, 1.82) is 0 Å². The lowest BCUT2D eigenvalue weighted by Crippen LogP contribution is -2.26. The number of benzene rings is 2. The summed E-state index contributed by atoms with van der Waals surface area (Å²) in [5, 5.41) is 2.97. The molecule has 0 bridgehead atoms. The Morgan fingerprint density at radius 3 is 2.50 bits per heavy atom. The first kappa shape index (κ1) is 19.8. The van der Waals surface area contributed by atoms with Crippen LogP contribution in [-0.2, 0) is 11.2 Å². The molecule has 1 amide bonds. The fraction of sp³-hybridized carbons (Fsp3) is 0.316. The van der Waals surface area contributed by atoms with Crippen molar-refractivity contribution >= 4 is 24.0 Å². The number of amides is 1. The minimum atomic E-state index is 0. The van der Waals surface area contributed by atoms with Crippen molar-refractivity contribution in [2.24, 2.45) is 0 Å². The van der Waals surface area contributed by atoms with Crippen LogP contribution in [0.25, 0.3) is 0 Å². The number of carbonyl (C=O) groups excluding carboxylic acids is 1. The zero-order chi connectivity index (χ0) is 16.7. The second kappa shape index (κ2) is 9.83. The van der Waals surface area contributed by atoms with E-state index in [1.807, 2.05) is 55.5 Å². The van der Waals surface area contributed by atoms with Crippen LogP contribution in [0.1, 0.15) is 30.4 Å². The predicted molar refractivity (Wildman–Crippen MR) is 101 cm³/mol. The van der Waals surface area contributed by atoms with E-state index >= 15 is 0 Å². The molecule has 1 atom stereocenters. The maximum atomic E-state index is 12.1. The number of anilines is 1. The molecule has 0 radical (unpaired) electrons. The third kappa shape index (κ3) is 5.78. The molecule has 1 unspecified atom stereocenters. The van der Waals surface area contributed by atoms with Crippen LogP contribution in [0.2, 0.25) is 0 Å². The minimum absolute atomic E-state index is 0. The minimum Gasteiger partial charge on any atom is -0.496 e. The summed E-state index contributed by atoms with van der Waals surface area (Å²) in [6.45, 7) is 2.67. The number of rotatable bonds is 7. The highest BCUT2D eigenvalue weighted by atomic mass is 35.5. The van der Waals surface area contributed by atoms with Gasteiger partial charge in [0.2, 0.25) is 5.91 Å². The van der Waals surface area contributed by atoms with Crippen LogP contribution in [0.4, 0.5) is 5.69 Å². The van der Waals surface area contributed by atoms with Crippen LogP contribution in [-0.4, -0.2) is 19.6 Å². The fourth-order valence-corrected chi connectivity index (χ4v) is 2.56. The van der Waals surface area contributed by atoms with Crippen molar-refractivity contribution in [3.8, 4) is 5.75 Å². The van der Waals surface area contributed by atoms with Crippen LogP contribution in [0.3, 0.4) is 0 Å². The van der Waals surface area contributed by atoms with Crippen molar-refractivity contribution in [3.05, 3.63) is 59.7 Å². The zero-order valence-electron chi connectivity index (χ0n) is 14.1. The van der Waals surface area contributed by atoms with Gasteiger partial charge in [0.15, 0.2) is 0 Å². The summed E-state index contributed by atoms with van der Waals surface area (Å²) in [4.78, 5) is 12.1. The first-order valence-electron chi connectivity index (χ1n) is 7.84. The average molecular weight is 349 g/mol. The van der Waals surface area contributed by atoms with Gasteiger partial charge in [-0.1, -0.05) is 37.3 Å². The summed E-state index contributed by atoms with van der Waals surface area (Å²) < 4.78 is 5.35. The molecule has 0 saturated carbocycles. The molecule has 4 nitrogen and oxygen atoms in total. The molecular formula is C19H25ClN2O2. The summed E-state index contributed by atoms with van der Waals surface area (Å²) in [5.74, 6) is 0.996. The van der Waals surface area contributed by atoms with E-state index < -0.39 is 0 Å². The van der Waals surface area contributed by atoms with Gasteiger partial charge < -0.3 is 15.8 Å². The van der Waals surface area contributed by atoms with Gasteiger partial charge in [0, 0.05) is 18.7 Å². The SMILES string of the molecule is COc1ccccc1C(C)CC(=O)NCCc1ccc(N)cc1.Cl. The molecule has 2 rings (SSSR count). The third-order valence-corrected chi connectivity index (χ3v) is 3.88. The highest BCUT2D eigenvalue weighted by molar-refractivity contribution is 5.85. The van der Waals surface area contributed by atoms with Crippen molar-refractivity contribution in [3.63, 3.8) is 0 Å². The molecule has 0 saturated heterocycles. The van der Waals surface area contributed by atoms with Crippen molar-refractivity contribution in [1.82, 2.24) is 5.32 Å². The molecule has 3 N–H and O–H groups in total. The number of para-hydroxylation sites is 1.